The van der Waals surface area contributed by atoms with Gasteiger partial charge in [-0.1, -0.05) is 0 Å². The van der Waals surface area contributed by atoms with Crippen molar-refractivity contribution in [1.82, 2.24) is 15.2 Å². The predicted molar refractivity (Wildman–Crippen MR) is 96.5 cm³/mol. The summed E-state index contributed by atoms with van der Waals surface area (Å²) in [5, 5.41) is 8.51. The van der Waals surface area contributed by atoms with Crippen molar-refractivity contribution in [3.05, 3.63) is 24.3 Å². The van der Waals surface area contributed by atoms with Gasteiger partial charge in [0.25, 0.3) is 0 Å². The molecular formula is C15H32N6OP+3. The molecule has 0 atom stereocenters. The van der Waals surface area contributed by atoms with Gasteiger partial charge >= 0.3 is 139 Å². The molecule has 0 fully saturated rings. The number of hydrogen-bond donors (Lipinski definition) is 0. The molecule has 0 amide bonds. The molecule has 0 aliphatic heterocycles. The Balaban J connectivity index is 2.68. The molecular weight excluding hydrogens is 311 g/mol. The number of quaternary nitrogens is 3. The summed E-state index contributed by atoms with van der Waals surface area (Å²) in [6, 6.07) is 7.90. The van der Waals surface area contributed by atoms with E-state index in [9.17, 15) is 0 Å². The van der Waals surface area contributed by atoms with E-state index in [4.69, 9.17) is 4.62 Å². The van der Waals surface area contributed by atoms with E-state index >= 15 is 0 Å². The summed E-state index contributed by atoms with van der Waals surface area (Å²) in [5.74, 6) is 0. The van der Waals surface area contributed by atoms with Gasteiger partial charge in [0.1, 0.15) is 0 Å². The van der Waals surface area contributed by atoms with Crippen LogP contribution in [0.4, 0.5) is 0 Å². The van der Waals surface area contributed by atoms with E-state index in [2.05, 4.69) is 73.7 Å². The van der Waals surface area contributed by atoms with E-state index in [0.29, 0.717) is 0 Å². The molecule has 8 heteroatoms. The molecule has 1 aromatic carbocycles. The number of rotatable bonds is 5. The van der Waals surface area contributed by atoms with Crippen molar-refractivity contribution in [1.29, 1.82) is 0 Å². The molecule has 2 rings (SSSR count). The minimum atomic E-state index is -2.55. The van der Waals surface area contributed by atoms with Gasteiger partial charge < -0.3 is 0 Å². The summed E-state index contributed by atoms with van der Waals surface area (Å²) in [7, 11) is 17.3. The maximum absolute atomic E-state index is 6.75. The third-order valence-corrected chi connectivity index (χ3v) is 9.81. The van der Waals surface area contributed by atoms with Gasteiger partial charge in [0.15, 0.2) is 0 Å². The fraction of sp³-hybridized carbons (Fsp3) is 0.600. The van der Waals surface area contributed by atoms with Crippen molar-refractivity contribution in [2.24, 2.45) is 0 Å². The normalized spacial score (nSPS) is 15.0. The summed E-state index contributed by atoms with van der Waals surface area (Å²) in [6.07, 6.45) is 0. The molecule has 1 heterocycles. The Morgan fingerprint density at radius 3 is 1.78 bits per heavy atom. The van der Waals surface area contributed by atoms with Crippen molar-refractivity contribution >= 4 is 19.0 Å². The van der Waals surface area contributed by atoms with E-state index in [1.807, 2.05) is 24.3 Å². The Morgan fingerprint density at radius 1 is 0.826 bits per heavy atom. The monoisotopic (exact) mass is 343 g/mol. The van der Waals surface area contributed by atoms with Gasteiger partial charge in [0.2, 0.25) is 0 Å². The van der Waals surface area contributed by atoms with Crippen LogP contribution in [-0.2, 0) is 0 Å². The number of fused-ring (bicyclic) bond motifs is 1. The van der Waals surface area contributed by atoms with Crippen molar-refractivity contribution in [3.63, 3.8) is 0 Å². The van der Waals surface area contributed by atoms with Crippen molar-refractivity contribution in [2.45, 2.75) is 0 Å². The Kier molecular flexibility index (Phi) is 4.23. The van der Waals surface area contributed by atoms with Gasteiger partial charge in [-0.15, -0.1) is 0 Å². The SMILES string of the molecule is C[N+](C)(C)[PH](On1nnc2ccccc21)([N+](C)(C)C)[N+](C)(C)C. The Labute approximate surface area is 140 Å². The van der Waals surface area contributed by atoms with Gasteiger partial charge in [0, 0.05) is 0 Å². The second-order valence-electron chi connectivity index (χ2n) is 8.65. The maximum atomic E-state index is 6.75. The standard InChI is InChI=1S/C15H32N6OP/c1-19(2,3)23(20(4,5)6,21(7,8)9)22-18-15-13-11-10-12-14(15)16-17-18/h10-13,23H,1-9H3/q+3. The molecule has 0 aliphatic carbocycles. The summed E-state index contributed by atoms with van der Waals surface area (Å²) >= 11 is 0. The van der Waals surface area contributed by atoms with Gasteiger partial charge in [-0.25, -0.2) is 0 Å². The molecule has 7 nitrogen and oxygen atoms in total. The first-order chi connectivity index (χ1) is 10.3. The van der Waals surface area contributed by atoms with Crippen LogP contribution in [0.15, 0.2) is 24.3 Å². The van der Waals surface area contributed by atoms with Gasteiger partial charge in [0.05, 0.1) is 0 Å². The van der Waals surface area contributed by atoms with Crippen molar-refractivity contribution in [2.75, 3.05) is 63.4 Å². The summed E-state index contributed by atoms with van der Waals surface area (Å²) in [6.45, 7) is 0. The Hall–Kier alpha value is -1.27. The van der Waals surface area contributed by atoms with E-state index < -0.39 is 7.94 Å². The van der Waals surface area contributed by atoms with Crippen molar-refractivity contribution in [3.8, 4) is 0 Å². The molecule has 0 spiro atoms. The Bertz CT molecular complexity index is 656. The zero-order valence-electron chi connectivity index (χ0n) is 15.9. The van der Waals surface area contributed by atoms with Crippen LogP contribution in [0.1, 0.15) is 0 Å². The molecule has 0 radical (unpaired) electrons. The van der Waals surface area contributed by atoms with E-state index in [-0.39, 0.29) is 0 Å². The van der Waals surface area contributed by atoms with E-state index in [0.717, 1.165) is 23.8 Å². The van der Waals surface area contributed by atoms with E-state index in [1.54, 1.807) is 4.85 Å². The second-order valence-corrected chi connectivity index (χ2v) is 14.0. The molecule has 0 N–H and O–H groups in total. The number of benzene rings is 1. The molecule has 2 aromatic rings. The summed E-state index contributed by atoms with van der Waals surface area (Å²) in [4.78, 5) is 1.62. The summed E-state index contributed by atoms with van der Waals surface area (Å²) in [5.41, 5.74) is 1.75. The average molecular weight is 343 g/mol. The topological polar surface area (TPSA) is 39.9 Å². The quantitative estimate of drug-likeness (QED) is 0.771. The summed E-state index contributed by atoms with van der Waals surface area (Å²) < 4.78 is 8.94. The molecule has 0 aliphatic rings. The third kappa shape index (κ3) is 2.83. The van der Waals surface area contributed by atoms with Crippen LogP contribution >= 0.6 is 7.94 Å². The second kappa shape index (κ2) is 5.38. The molecule has 0 saturated heterocycles. The molecule has 130 valence electrons. The van der Waals surface area contributed by atoms with Crippen molar-refractivity contribution < 1.29 is 17.4 Å². The van der Waals surface area contributed by atoms with Crippen LogP contribution in [0.2, 0.25) is 0 Å². The zero-order valence-corrected chi connectivity index (χ0v) is 16.9. The number of nitrogens with zero attached hydrogens (tertiary/aromatic N) is 6. The first kappa shape index (κ1) is 18.1. The number of para-hydroxylation sites is 1. The fourth-order valence-corrected chi connectivity index (χ4v) is 10.6. The average Bonchev–Trinajstić information content (AvgIpc) is 2.74. The molecule has 0 saturated carbocycles. The van der Waals surface area contributed by atoms with Crippen LogP contribution in [-0.4, -0.2) is 91.3 Å². The zero-order chi connectivity index (χ0) is 17.7. The molecule has 0 unspecified atom stereocenters. The molecule has 1 aromatic heterocycles. The molecule has 23 heavy (non-hydrogen) atoms. The van der Waals surface area contributed by atoms with Gasteiger partial charge in [-0.3, -0.25) is 0 Å². The van der Waals surface area contributed by atoms with E-state index in [1.165, 1.54) is 0 Å². The number of aromatic nitrogens is 3. The Morgan fingerprint density at radius 2 is 1.30 bits per heavy atom. The fourth-order valence-electron chi connectivity index (χ4n) is 4.10. The third-order valence-electron chi connectivity index (χ3n) is 4.15. The van der Waals surface area contributed by atoms with Crippen LogP contribution in [0.5, 0.6) is 0 Å². The van der Waals surface area contributed by atoms with Crippen LogP contribution in [0.3, 0.4) is 0 Å². The minimum absolute atomic E-state index is 0.730. The van der Waals surface area contributed by atoms with Crippen LogP contribution in [0, 0.1) is 0 Å². The first-order valence-electron chi connectivity index (χ1n) is 7.76. The van der Waals surface area contributed by atoms with Crippen LogP contribution in [0.25, 0.3) is 11.0 Å². The van der Waals surface area contributed by atoms with Gasteiger partial charge in [-0.2, -0.15) is 0 Å². The van der Waals surface area contributed by atoms with Gasteiger partial charge in [-0.05, 0) is 0 Å². The predicted octanol–water partition coefficient (Wildman–Crippen LogP) is 1.39. The first-order valence-corrected chi connectivity index (χ1v) is 9.51. The number of hydrogen-bond acceptors (Lipinski definition) is 3. The molecule has 0 bridgehead atoms. The van der Waals surface area contributed by atoms with Crippen LogP contribution < -0.4 is 4.62 Å².